The Morgan fingerprint density at radius 2 is 1.60 bits per heavy atom. The number of rotatable bonds is 2. The van der Waals surface area contributed by atoms with Crippen molar-refractivity contribution in [3.05, 3.63) is 115 Å². The van der Waals surface area contributed by atoms with Crippen molar-refractivity contribution in [2.45, 2.75) is 6.92 Å². The second kappa shape index (κ2) is 10.5. The van der Waals surface area contributed by atoms with E-state index in [2.05, 4.69) is 72.6 Å². The molecule has 0 atom stereocenters. The molecule has 0 saturated carbocycles. The van der Waals surface area contributed by atoms with Gasteiger partial charge in [0, 0.05) is 43.6 Å². The van der Waals surface area contributed by atoms with Gasteiger partial charge in [-0.05, 0) is 30.5 Å². The molecule has 0 aliphatic rings. The second-order valence-corrected chi connectivity index (χ2v) is 7.85. The minimum absolute atomic E-state index is 0. The van der Waals surface area contributed by atoms with Gasteiger partial charge in [-0.25, -0.2) is 9.78 Å². The summed E-state index contributed by atoms with van der Waals surface area (Å²) in [7, 11) is 0. The number of aromatic nitrogens is 3. The topological polar surface area (TPSA) is 76.0 Å². The molecule has 0 spiro atoms. The summed E-state index contributed by atoms with van der Waals surface area (Å²) in [6, 6.07) is 31.0. The van der Waals surface area contributed by atoms with Crippen molar-refractivity contribution in [3.63, 3.8) is 0 Å². The molecule has 0 aliphatic heterocycles. The molecule has 6 aromatic rings. The third kappa shape index (κ3) is 4.94. The average Bonchev–Trinajstić information content (AvgIpc) is 2.89. The number of benzene rings is 4. The Morgan fingerprint density at radius 3 is 2.31 bits per heavy atom. The molecular weight excluding hydrogens is 615 g/mol. The maximum atomic E-state index is 10.1. The Hall–Kier alpha value is -3.99. The summed E-state index contributed by atoms with van der Waals surface area (Å²) in [5.41, 5.74) is 5.14. The van der Waals surface area contributed by atoms with Crippen molar-refractivity contribution in [2.24, 2.45) is 0 Å². The van der Waals surface area contributed by atoms with Crippen LogP contribution in [0.4, 0.5) is 0 Å². The van der Waals surface area contributed by atoms with Gasteiger partial charge in [0.2, 0.25) is 0 Å². The van der Waals surface area contributed by atoms with Crippen LogP contribution >= 0.6 is 0 Å². The van der Waals surface area contributed by atoms with Crippen LogP contribution in [0.1, 0.15) is 16.1 Å². The third-order valence-electron chi connectivity index (χ3n) is 5.54. The standard InChI is InChI=1S/C23H15N2.C6H5NO2.Ir/c1-15-7-6-8-16(13-15)21-14-24-22-19-11-4-2-9-17(19)18-10-3-5-12-20(18)23(22)25-21;8-6(9)5-3-1-2-4-7-5;/h2-10,12-14H,1H3;1-4H,(H,8,9);/q-1;;. The molecule has 0 aliphatic carbocycles. The Morgan fingerprint density at radius 1 is 0.829 bits per heavy atom. The molecule has 6 heteroatoms. The number of hydrogen-bond donors (Lipinski definition) is 1. The van der Waals surface area contributed by atoms with Gasteiger partial charge in [-0.15, -0.1) is 29.7 Å². The van der Waals surface area contributed by atoms with Crippen LogP contribution in [0, 0.1) is 13.0 Å². The molecule has 0 bridgehead atoms. The van der Waals surface area contributed by atoms with Crippen LogP contribution in [0.5, 0.6) is 0 Å². The summed E-state index contributed by atoms with van der Waals surface area (Å²) in [4.78, 5) is 23.5. The summed E-state index contributed by atoms with van der Waals surface area (Å²) in [5, 5.41) is 12.8. The first-order valence-corrected chi connectivity index (χ1v) is 10.8. The number of carbonyl (C=O) groups is 1. The summed E-state index contributed by atoms with van der Waals surface area (Å²) >= 11 is 0. The minimum Gasteiger partial charge on any atom is -0.477 e. The molecule has 173 valence electrons. The van der Waals surface area contributed by atoms with Crippen molar-refractivity contribution in [3.8, 4) is 11.3 Å². The van der Waals surface area contributed by atoms with Gasteiger partial charge in [0.05, 0.1) is 11.2 Å². The van der Waals surface area contributed by atoms with Crippen molar-refractivity contribution in [1.82, 2.24) is 15.0 Å². The van der Waals surface area contributed by atoms with E-state index in [9.17, 15) is 4.79 Å². The largest absolute Gasteiger partial charge is 0.477 e. The Kier molecular flexibility index (Phi) is 7.25. The van der Waals surface area contributed by atoms with Crippen LogP contribution in [-0.2, 0) is 20.1 Å². The molecular formula is C29H20IrN3O2-. The molecule has 0 unspecified atom stereocenters. The van der Waals surface area contributed by atoms with E-state index in [1.165, 1.54) is 28.6 Å². The fourth-order valence-corrected chi connectivity index (χ4v) is 3.97. The summed E-state index contributed by atoms with van der Waals surface area (Å²) in [6.07, 6.45) is 3.32. The van der Waals surface area contributed by atoms with Crippen LogP contribution in [0.15, 0.2) is 97.3 Å². The van der Waals surface area contributed by atoms with Gasteiger partial charge in [-0.2, -0.15) is 0 Å². The average molecular weight is 635 g/mol. The van der Waals surface area contributed by atoms with Gasteiger partial charge in [0.1, 0.15) is 5.69 Å². The first kappa shape index (κ1) is 24.1. The zero-order valence-electron chi connectivity index (χ0n) is 18.8. The van der Waals surface area contributed by atoms with E-state index in [1.54, 1.807) is 12.1 Å². The first-order valence-electron chi connectivity index (χ1n) is 10.8. The molecule has 35 heavy (non-hydrogen) atoms. The van der Waals surface area contributed by atoms with E-state index in [1.807, 2.05) is 18.3 Å². The second-order valence-electron chi connectivity index (χ2n) is 7.85. The first-order chi connectivity index (χ1) is 16.6. The number of hydrogen-bond acceptors (Lipinski definition) is 4. The van der Waals surface area contributed by atoms with Gasteiger partial charge < -0.3 is 10.1 Å². The van der Waals surface area contributed by atoms with E-state index >= 15 is 0 Å². The zero-order chi connectivity index (χ0) is 23.5. The Bertz CT molecular complexity index is 1620. The fourth-order valence-electron chi connectivity index (χ4n) is 3.97. The van der Waals surface area contributed by atoms with E-state index in [0.717, 1.165) is 33.1 Å². The molecule has 1 N–H and O–H groups in total. The molecule has 1 radical (unpaired) electrons. The fraction of sp³-hybridized carbons (Fsp3) is 0.0345. The van der Waals surface area contributed by atoms with Gasteiger partial charge in [0.15, 0.2) is 0 Å². The summed E-state index contributed by atoms with van der Waals surface area (Å²) in [6.45, 7) is 2.09. The Labute approximate surface area is 215 Å². The number of pyridine rings is 1. The van der Waals surface area contributed by atoms with E-state index < -0.39 is 5.97 Å². The maximum absolute atomic E-state index is 10.1. The van der Waals surface area contributed by atoms with Crippen LogP contribution in [0.3, 0.4) is 0 Å². The SMILES string of the molecule is Cc1cccc(-c2cnc3c4[c-]cccc4c4ccccc4c3n2)c1.O=C(O)c1ccccn1.[Ir]. The number of carboxylic acids is 1. The summed E-state index contributed by atoms with van der Waals surface area (Å²) in [5.74, 6) is -0.990. The number of carboxylic acid groups (broad SMARTS) is 1. The predicted octanol–water partition coefficient (Wildman–Crippen LogP) is 6.49. The molecule has 0 fully saturated rings. The van der Waals surface area contributed by atoms with Crippen LogP contribution < -0.4 is 0 Å². The monoisotopic (exact) mass is 635 g/mol. The number of nitrogens with zero attached hydrogens (tertiary/aromatic N) is 3. The normalized spacial score (nSPS) is 10.4. The number of aromatic carboxylic acids is 1. The zero-order valence-corrected chi connectivity index (χ0v) is 21.2. The predicted molar refractivity (Wildman–Crippen MR) is 135 cm³/mol. The van der Waals surface area contributed by atoms with E-state index in [0.29, 0.717) is 0 Å². The number of fused-ring (bicyclic) bond motifs is 6. The Balaban J connectivity index is 0.000000247. The molecule has 4 aromatic carbocycles. The molecule has 0 amide bonds. The van der Waals surface area contributed by atoms with Crippen molar-refractivity contribution < 1.29 is 30.0 Å². The number of aryl methyl sites for hydroxylation is 1. The van der Waals surface area contributed by atoms with Gasteiger partial charge in [0.25, 0.3) is 0 Å². The molecule has 0 saturated heterocycles. The van der Waals surface area contributed by atoms with E-state index in [-0.39, 0.29) is 25.8 Å². The minimum atomic E-state index is -0.990. The van der Waals surface area contributed by atoms with Crippen molar-refractivity contribution in [1.29, 1.82) is 0 Å². The van der Waals surface area contributed by atoms with E-state index in [4.69, 9.17) is 15.1 Å². The van der Waals surface area contributed by atoms with Gasteiger partial charge in [-0.3, -0.25) is 4.98 Å². The maximum Gasteiger partial charge on any atom is 0.354 e. The van der Waals surface area contributed by atoms with Gasteiger partial charge in [-0.1, -0.05) is 64.9 Å². The molecule has 2 heterocycles. The summed E-state index contributed by atoms with van der Waals surface area (Å²) < 4.78 is 0. The van der Waals surface area contributed by atoms with Crippen LogP contribution in [-0.4, -0.2) is 26.0 Å². The van der Waals surface area contributed by atoms with Crippen molar-refractivity contribution >= 4 is 38.5 Å². The van der Waals surface area contributed by atoms with Crippen LogP contribution in [0.2, 0.25) is 0 Å². The quantitative estimate of drug-likeness (QED) is 0.174. The van der Waals surface area contributed by atoms with Gasteiger partial charge >= 0.3 is 5.97 Å². The smallest absolute Gasteiger partial charge is 0.354 e. The van der Waals surface area contributed by atoms with Crippen molar-refractivity contribution in [2.75, 3.05) is 0 Å². The molecule has 5 nitrogen and oxygen atoms in total. The third-order valence-corrected chi connectivity index (χ3v) is 5.54. The molecule has 6 rings (SSSR count). The molecule has 2 aromatic heterocycles. The van der Waals surface area contributed by atoms with Crippen LogP contribution in [0.25, 0.3) is 43.8 Å².